The Morgan fingerprint density at radius 3 is 2.82 bits per heavy atom. The molecule has 0 aromatic carbocycles. The zero-order valence-corrected chi connectivity index (χ0v) is 13.5. The summed E-state index contributed by atoms with van der Waals surface area (Å²) in [5.74, 6) is -0.225. The molecule has 0 radical (unpaired) electrons. The van der Waals surface area contributed by atoms with E-state index in [4.69, 9.17) is 0 Å². The van der Waals surface area contributed by atoms with Gasteiger partial charge in [-0.1, -0.05) is 6.07 Å². The maximum atomic E-state index is 12.2. The van der Waals surface area contributed by atoms with E-state index in [1.807, 2.05) is 35.2 Å². The second-order valence-corrected chi connectivity index (χ2v) is 6.18. The molecule has 0 aliphatic carbocycles. The number of hydrogen-bond acceptors (Lipinski definition) is 4. The number of hydrogen-bond donors (Lipinski definition) is 2. The van der Waals surface area contributed by atoms with Crippen LogP contribution in [0.15, 0.2) is 36.2 Å². The predicted molar refractivity (Wildman–Crippen MR) is 85.3 cm³/mol. The summed E-state index contributed by atoms with van der Waals surface area (Å²) in [4.78, 5) is 28.5. The van der Waals surface area contributed by atoms with Gasteiger partial charge in [-0.25, -0.2) is 4.98 Å². The lowest BCUT2D eigenvalue weighted by Crippen LogP contribution is -2.38. The molecule has 0 bridgehead atoms. The van der Waals surface area contributed by atoms with Gasteiger partial charge in [0, 0.05) is 36.8 Å². The van der Waals surface area contributed by atoms with Gasteiger partial charge in [0.05, 0.1) is 18.8 Å². The summed E-state index contributed by atoms with van der Waals surface area (Å²) in [5, 5.41) is 7.71. The summed E-state index contributed by atoms with van der Waals surface area (Å²) in [7, 11) is 0. The number of nitrogens with one attached hydrogen (secondary N) is 2. The van der Waals surface area contributed by atoms with E-state index in [9.17, 15) is 9.59 Å². The van der Waals surface area contributed by atoms with Crippen LogP contribution in [0.3, 0.4) is 0 Å². The van der Waals surface area contributed by atoms with Crippen LogP contribution in [-0.2, 0) is 16.1 Å². The molecule has 2 amide bonds. The number of carbonyl (C=O) groups is 2. The van der Waals surface area contributed by atoms with Crippen molar-refractivity contribution in [3.05, 3.63) is 41.1 Å². The first-order valence-corrected chi connectivity index (χ1v) is 7.98. The lowest BCUT2D eigenvalue weighted by molar-refractivity contribution is -0.123. The van der Waals surface area contributed by atoms with Crippen LogP contribution in [0.4, 0.5) is 0 Å². The molecular formula is C15H20N4O2S. The topological polar surface area (TPSA) is 76.0 Å². The number of thiophene rings is 1. The van der Waals surface area contributed by atoms with Crippen LogP contribution < -0.4 is 10.6 Å². The number of amides is 2. The molecule has 0 aliphatic rings. The molecule has 118 valence electrons. The van der Waals surface area contributed by atoms with Crippen LogP contribution in [0, 0.1) is 0 Å². The molecule has 2 heterocycles. The quantitative estimate of drug-likeness (QED) is 0.815. The Balaban J connectivity index is 1.89. The fourth-order valence-electron chi connectivity index (χ4n) is 2.23. The normalized spacial score (nSPS) is 13.4. The van der Waals surface area contributed by atoms with Gasteiger partial charge in [-0.05, 0) is 18.4 Å². The van der Waals surface area contributed by atoms with Gasteiger partial charge in [0.1, 0.15) is 0 Å². The van der Waals surface area contributed by atoms with E-state index in [2.05, 4.69) is 15.6 Å². The molecule has 2 aromatic heterocycles. The van der Waals surface area contributed by atoms with Gasteiger partial charge >= 0.3 is 0 Å². The maximum Gasteiger partial charge on any atom is 0.222 e. The largest absolute Gasteiger partial charge is 0.352 e. The van der Waals surface area contributed by atoms with Crippen molar-refractivity contribution < 1.29 is 9.59 Å². The molecule has 0 aliphatic heterocycles. The molecule has 7 heteroatoms. The smallest absolute Gasteiger partial charge is 0.222 e. The highest BCUT2D eigenvalue weighted by atomic mass is 32.1. The Morgan fingerprint density at radius 1 is 1.41 bits per heavy atom. The van der Waals surface area contributed by atoms with Crippen LogP contribution in [0.5, 0.6) is 0 Å². The highest BCUT2D eigenvalue weighted by molar-refractivity contribution is 7.10. The first kappa shape index (κ1) is 16.2. The van der Waals surface area contributed by atoms with E-state index in [-0.39, 0.29) is 30.3 Å². The minimum atomic E-state index is -0.280. The van der Waals surface area contributed by atoms with Crippen molar-refractivity contribution in [2.45, 2.75) is 38.9 Å². The molecule has 2 rings (SSSR count). The molecule has 22 heavy (non-hydrogen) atoms. The van der Waals surface area contributed by atoms with E-state index < -0.39 is 0 Å². The van der Waals surface area contributed by atoms with Crippen molar-refractivity contribution in [3.8, 4) is 0 Å². The Kier molecular flexibility index (Phi) is 5.71. The average Bonchev–Trinajstić information content (AvgIpc) is 3.09. The van der Waals surface area contributed by atoms with Crippen molar-refractivity contribution in [1.29, 1.82) is 0 Å². The van der Waals surface area contributed by atoms with Crippen LogP contribution >= 0.6 is 11.3 Å². The Hall–Kier alpha value is -2.15. The number of nitrogens with zero attached hydrogens (tertiary/aromatic N) is 2. The predicted octanol–water partition coefficient (Wildman–Crippen LogP) is 1.72. The van der Waals surface area contributed by atoms with E-state index in [0.29, 0.717) is 6.54 Å². The second-order valence-electron chi connectivity index (χ2n) is 5.20. The SMILES string of the molecule is CC(=O)NC(CC(=O)NC(C)Cn1ccnc1)c1cccs1. The van der Waals surface area contributed by atoms with Crippen molar-refractivity contribution in [2.75, 3.05) is 0 Å². The van der Waals surface area contributed by atoms with Gasteiger partial charge in [0.25, 0.3) is 0 Å². The Bertz CT molecular complexity index is 595. The van der Waals surface area contributed by atoms with Crippen LogP contribution in [0.2, 0.25) is 0 Å². The maximum absolute atomic E-state index is 12.2. The van der Waals surface area contributed by atoms with Crippen molar-refractivity contribution >= 4 is 23.2 Å². The highest BCUT2D eigenvalue weighted by Gasteiger charge is 2.19. The van der Waals surface area contributed by atoms with Crippen molar-refractivity contribution in [2.24, 2.45) is 0 Å². The molecule has 0 saturated carbocycles. The van der Waals surface area contributed by atoms with Gasteiger partial charge in [0.15, 0.2) is 0 Å². The lowest BCUT2D eigenvalue weighted by Gasteiger charge is -2.19. The molecular weight excluding hydrogens is 300 g/mol. The Morgan fingerprint density at radius 2 is 2.23 bits per heavy atom. The zero-order chi connectivity index (χ0) is 15.9. The van der Waals surface area contributed by atoms with E-state index in [0.717, 1.165) is 4.88 Å². The fourth-order valence-corrected chi connectivity index (χ4v) is 3.01. The molecule has 0 spiro atoms. The molecule has 2 aromatic rings. The summed E-state index contributed by atoms with van der Waals surface area (Å²) in [6.07, 6.45) is 5.51. The summed E-state index contributed by atoms with van der Waals surface area (Å²) >= 11 is 1.53. The average molecular weight is 320 g/mol. The minimum Gasteiger partial charge on any atom is -0.352 e. The number of imidazole rings is 1. The fraction of sp³-hybridized carbons (Fsp3) is 0.400. The molecule has 2 unspecified atom stereocenters. The lowest BCUT2D eigenvalue weighted by atomic mass is 10.1. The summed E-state index contributed by atoms with van der Waals surface area (Å²) in [6, 6.07) is 3.54. The second kappa shape index (κ2) is 7.74. The number of rotatable bonds is 7. The Labute approximate surface area is 133 Å². The van der Waals surface area contributed by atoms with Gasteiger partial charge in [-0.2, -0.15) is 0 Å². The van der Waals surface area contributed by atoms with E-state index in [1.54, 1.807) is 12.5 Å². The standard InChI is InChI=1S/C15H20N4O2S/c1-11(9-19-6-5-16-10-19)17-15(21)8-13(18-12(2)20)14-4-3-7-22-14/h3-7,10-11,13H,8-9H2,1-2H3,(H,17,21)(H,18,20). The van der Waals surface area contributed by atoms with Crippen molar-refractivity contribution in [3.63, 3.8) is 0 Å². The van der Waals surface area contributed by atoms with Crippen molar-refractivity contribution in [1.82, 2.24) is 20.2 Å². The van der Waals surface area contributed by atoms with Gasteiger partial charge in [-0.15, -0.1) is 11.3 Å². The first-order valence-electron chi connectivity index (χ1n) is 7.10. The molecule has 2 atom stereocenters. The third kappa shape index (κ3) is 5.00. The van der Waals surface area contributed by atoms with Gasteiger partial charge in [0.2, 0.25) is 11.8 Å². The van der Waals surface area contributed by atoms with Gasteiger partial charge in [-0.3, -0.25) is 9.59 Å². The van der Waals surface area contributed by atoms with E-state index >= 15 is 0 Å². The van der Waals surface area contributed by atoms with Crippen LogP contribution in [0.1, 0.15) is 31.2 Å². The third-order valence-corrected chi connectivity index (χ3v) is 4.09. The number of carbonyl (C=O) groups excluding carboxylic acids is 2. The zero-order valence-electron chi connectivity index (χ0n) is 12.7. The number of aromatic nitrogens is 2. The molecule has 6 nitrogen and oxygen atoms in total. The van der Waals surface area contributed by atoms with Crippen LogP contribution in [0.25, 0.3) is 0 Å². The van der Waals surface area contributed by atoms with Gasteiger partial charge < -0.3 is 15.2 Å². The molecule has 0 fully saturated rings. The van der Waals surface area contributed by atoms with E-state index in [1.165, 1.54) is 18.3 Å². The monoisotopic (exact) mass is 320 g/mol. The molecule has 2 N–H and O–H groups in total. The summed E-state index contributed by atoms with van der Waals surface area (Å²) in [6.45, 7) is 4.06. The van der Waals surface area contributed by atoms with Crippen LogP contribution in [-0.4, -0.2) is 27.4 Å². The molecule has 0 saturated heterocycles. The summed E-state index contributed by atoms with van der Waals surface area (Å²) in [5.41, 5.74) is 0. The first-order chi connectivity index (χ1) is 10.5. The highest BCUT2D eigenvalue weighted by Crippen LogP contribution is 2.22. The third-order valence-electron chi connectivity index (χ3n) is 3.10. The summed E-state index contributed by atoms with van der Waals surface area (Å²) < 4.78 is 1.91. The minimum absolute atomic E-state index is 0.0111.